The quantitative estimate of drug-likeness (QED) is 0.453. The second-order valence-electron chi connectivity index (χ2n) is 4.10. The van der Waals surface area contributed by atoms with Gasteiger partial charge in [0, 0.05) is 0 Å². The first kappa shape index (κ1) is 11.0. The summed E-state index contributed by atoms with van der Waals surface area (Å²) in [7, 11) is -1.15. The molecule has 66 valence electrons. The molecule has 0 aliphatic heterocycles. The Bertz CT molecular complexity index is 151. The zero-order valence-electron chi connectivity index (χ0n) is 8.44. The van der Waals surface area contributed by atoms with Gasteiger partial charge in [-0.1, -0.05) is 0 Å². The Kier molecular flexibility index (Phi) is 4.12. The van der Waals surface area contributed by atoms with Crippen LogP contribution in [0.2, 0.25) is 0 Å². The van der Waals surface area contributed by atoms with Crippen LogP contribution in [0.3, 0.4) is 0 Å². The molecule has 1 atom stereocenters. The van der Waals surface area contributed by atoms with Crippen LogP contribution >= 0.6 is 7.26 Å². The average molecular weight is 172 g/mol. The van der Waals surface area contributed by atoms with Gasteiger partial charge in [-0.3, -0.25) is 0 Å². The predicted molar refractivity (Wildman–Crippen MR) is 58.2 cm³/mol. The minimum absolute atomic E-state index is 0.558. The van der Waals surface area contributed by atoms with E-state index in [1.165, 1.54) is 0 Å². The Morgan fingerprint density at radius 2 is 1.82 bits per heavy atom. The van der Waals surface area contributed by atoms with Crippen molar-refractivity contribution in [3.63, 3.8) is 0 Å². The Balaban J connectivity index is 4.40. The molecule has 1 heteroatoms. The monoisotopic (exact) mass is 172 g/mol. The predicted octanol–water partition coefficient (Wildman–Crippen LogP) is 2.82. The van der Waals surface area contributed by atoms with E-state index in [0.717, 1.165) is 12.1 Å². The van der Waals surface area contributed by atoms with Crippen molar-refractivity contribution >= 4 is 7.26 Å². The molecule has 0 bridgehead atoms. The molecule has 0 radical (unpaired) electrons. The first-order valence-corrected chi connectivity index (χ1v) is 7.58. The summed E-state index contributed by atoms with van der Waals surface area (Å²) in [6, 6.07) is 0. The van der Waals surface area contributed by atoms with E-state index >= 15 is 0 Å². The van der Waals surface area contributed by atoms with Gasteiger partial charge in [0.2, 0.25) is 0 Å². The van der Waals surface area contributed by atoms with E-state index in [1.54, 1.807) is 0 Å². The molecule has 0 aromatic rings. The summed E-state index contributed by atoms with van der Waals surface area (Å²) in [6.45, 7) is 11.6. The fourth-order valence-corrected chi connectivity index (χ4v) is 3.55. The summed E-state index contributed by atoms with van der Waals surface area (Å²) in [6.07, 6.45) is 6.64. The van der Waals surface area contributed by atoms with E-state index in [9.17, 15) is 0 Å². The summed E-state index contributed by atoms with van der Waals surface area (Å²) < 4.78 is 0. The number of terminal acetylenes is 1. The third-order valence-electron chi connectivity index (χ3n) is 3.00. The molecule has 0 rings (SSSR count). The van der Waals surface area contributed by atoms with Crippen LogP contribution in [0.25, 0.3) is 0 Å². The van der Waals surface area contributed by atoms with Crippen molar-refractivity contribution in [3.05, 3.63) is 0 Å². The van der Waals surface area contributed by atoms with E-state index in [4.69, 9.17) is 6.42 Å². The van der Waals surface area contributed by atoms with Crippen LogP contribution in [0.5, 0.6) is 0 Å². The van der Waals surface area contributed by atoms with Gasteiger partial charge in [0.15, 0.2) is 0 Å². The molecule has 0 aromatic heterocycles. The van der Waals surface area contributed by atoms with Crippen molar-refractivity contribution in [1.82, 2.24) is 0 Å². The Morgan fingerprint density at radius 1 is 1.36 bits per heavy atom. The fourth-order valence-electron chi connectivity index (χ4n) is 1.26. The summed E-state index contributed by atoms with van der Waals surface area (Å²) >= 11 is 0. The third-order valence-corrected chi connectivity index (χ3v) is 8.34. The van der Waals surface area contributed by atoms with Gasteiger partial charge in [0.25, 0.3) is 0 Å². The van der Waals surface area contributed by atoms with Crippen molar-refractivity contribution in [3.8, 4) is 12.3 Å². The zero-order chi connectivity index (χ0) is 9.07. The molecular formula is C10H21P. The van der Waals surface area contributed by atoms with E-state index in [0.29, 0.717) is 5.66 Å². The van der Waals surface area contributed by atoms with Gasteiger partial charge in [0.05, 0.1) is 0 Å². The van der Waals surface area contributed by atoms with Crippen LogP contribution in [0.4, 0.5) is 0 Å². The molecule has 0 spiro atoms. The maximum absolute atomic E-state index is 5.49. The molecule has 0 N–H and O–H groups in total. The van der Waals surface area contributed by atoms with E-state index in [-0.39, 0.29) is 0 Å². The number of rotatable bonds is 3. The van der Waals surface area contributed by atoms with Crippen molar-refractivity contribution < 1.29 is 0 Å². The molecule has 0 saturated heterocycles. The van der Waals surface area contributed by atoms with E-state index in [2.05, 4.69) is 40.0 Å². The Hall–Kier alpha value is -0.0100. The molecule has 0 saturated carbocycles. The second kappa shape index (κ2) is 4.13. The molecule has 0 aliphatic carbocycles. The molecule has 0 aliphatic rings. The Labute approximate surface area is 72.1 Å². The van der Waals surface area contributed by atoms with E-state index in [1.807, 2.05) is 0 Å². The molecule has 0 nitrogen and oxygen atoms in total. The third kappa shape index (κ3) is 2.49. The van der Waals surface area contributed by atoms with Gasteiger partial charge in [-0.05, 0) is 0 Å². The first-order valence-electron chi connectivity index (χ1n) is 4.42. The van der Waals surface area contributed by atoms with Crippen LogP contribution in [0.1, 0.15) is 27.2 Å². The van der Waals surface area contributed by atoms with Crippen LogP contribution in [0.15, 0.2) is 0 Å². The molecule has 0 amide bonds. The number of hydrogen-bond donors (Lipinski definition) is 0. The van der Waals surface area contributed by atoms with Gasteiger partial charge in [-0.15, -0.1) is 0 Å². The molecule has 0 heterocycles. The number of hydrogen-bond acceptors (Lipinski definition) is 0. The molecule has 11 heavy (non-hydrogen) atoms. The van der Waals surface area contributed by atoms with Crippen LogP contribution in [0, 0.1) is 12.3 Å². The summed E-state index contributed by atoms with van der Waals surface area (Å²) in [5.41, 5.74) is 1.35. The van der Waals surface area contributed by atoms with Gasteiger partial charge >= 0.3 is 71.4 Å². The first-order chi connectivity index (χ1) is 4.96. The normalized spacial score (nSPS) is 16.1. The van der Waals surface area contributed by atoms with Crippen molar-refractivity contribution in [2.75, 3.05) is 13.3 Å². The van der Waals surface area contributed by atoms with Crippen molar-refractivity contribution in [2.24, 2.45) is 0 Å². The fraction of sp³-hybridized carbons (Fsp3) is 0.800. The minimum atomic E-state index is -1.15. The molecular weight excluding hydrogens is 151 g/mol. The molecule has 0 aromatic carbocycles. The summed E-state index contributed by atoms with van der Waals surface area (Å²) in [5, 5.41) is 0. The van der Waals surface area contributed by atoms with Crippen LogP contribution < -0.4 is 0 Å². The molecule has 0 unspecified atom stereocenters. The van der Waals surface area contributed by atoms with Gasteiger partial charge in [-0.25, -0.2) is 0 Å². The second-order valence-corrected chi connectivity index (χ2v) is 9.60. The average Bonchev–Trinajstić information content (AvgIpc) is 1.89. The van der Waals surface area contributed by atoms with Crippen molar-refractivity contribution in [1.29, 1.82) is 0 Å². The Morgan fingerprint density at radius 3 is 1.91 bits per heavy atom. The van der Waals surface area contributed by atoms with Gasteiger partial charge in [0.1, 0.15) is 0 Å². The maximum atomic E-state index is 5.49. The van der Waals surface area contributed by atoms with E-state index < -0.39 is 7.26 Å². The summed E-state index contributed by atoms with van der Waals surface area (Å²) in [4.78, 5) is 0. The zero-order valence-corrected chi connectivity index (χ0v) is 9.44. The topological polar surface area (TPSA) is 0 Å². The summed E-state index contributed by atoms with van der Waals surface area (Å²) in [5.74, 6) is 2.94. The van der Waals surface area contributed by atoms with Gasteiger partial charge in [-0.2, -0.15) is 0 Å². The standard InChI is InChI=1S/C10H21P/c1-7-10(8-2)11(5,6)9(3)4/h1,9-11H,8H2,2-6H3/t10-/m1/s1. The van der Waals surface area contributed by atoms with Crippen LogP contribution in [-0.4, -0.2) is 24.6 Å². The van der Waals surface area contributed by atoms with Crippen LogP contribution in [-0.2, 0) is 0 Å². The van der Waals surface area contributed by atoms with Crippen molar-refractivity contribution in [2.45, 2.75) is 38.5 Å². The molecule has 0 fully saturated rings. The SMILES string of the molecule is C#C[C@H](CC)[PH](C)(C)C(C)C. The van der Waals surface area contributed by atoms with Gasteiger partial charge < -0.3 is 0 Å².